The van der Waals surface area contributed by atoms with E-state index in [1.54, 1.807) is 6.20 Å². The van der Waals surface area contributed by atoms with Gasteiger partial charge in [-0.2, -0.15) is 0 Å². The number of carbonyl (C=O) groups is 1. The van der Waals surface area contributed by atoms with Crippen LogP contribution < -0.4 is 16.6 Å². The Morgan fingerprint density at radius 3 is 2.79 bits per heavy atom. The van der Waals surface area contributed by atoms with Gasteiger partial charge in [0.2, 0.25) is 0 Å². The number of aliphatic hydroxyl groups is 1. The predicted octanol–water partition coefficient (Wildman–Crippen LogP) is -0.430. The highest BCUT2D eigenvalue weighted by molar-refractivity contribution is 5.93. The van der Waals surface area contributed by atoms with E-state index in [1.807, 2.05) is 23.2 Å². The second-order valence-electron chi connectivity index (χ2n) is 5.98. The highest BCUT2D eigenvalue weighted by Gasteiger charge is 2.35. The quantitative estimate of drug-likeness (QED) is 0.591. The smallest absolute Gasteiger partial charge is 0.325 e. The molecular weight excluding hydrogens is 312 g/mol. The first-order chi connectivity index (χ1) is 11.5. The van der Waals surface area contributed by atoms with Crippen LogP contribution in [-0.4, -0.2) is 38.1 Å². The Kier molecular flexibility index (Phi) is 4.57. The summed E-state index contributed by atoms with van der Waals surface area (Å²) in [6.07, 6.45) is 4.13. The molecule has 0 aliphatic heterocycles. The van der Waals surface area contributed by atoms with Gasteiger partial charge in [0.25, 0.3) is 11.5 Å². The lowest BCUT2D eigenvalue weighted by atomic mass is 9.76. The van der Waals surface area contributed by atoms with Crippen molar-refractivity contribution >= 4 is 5.91 Å². The fraction of sp³-hybridized carbons (Fsp3) is 0.375. The zero-order chi connectivity index (χ0) is 17.1. The molecule has 1 aliphatic carbocycles. The van der Waals surface area contributed by atoms with E-state index in [2.05, 4.69) is 15.3 Å². The van der Waals surface area contributed by atoms with Crippen LogP contribution in [0.15, 0.2) is 40.2 Å². The molecule has 1 unspecified atom stereocenters. The lowest BCUT2D eigenvalue weighted by molar-refractivity contribution is 0.0237. The fourth-order valence-electron chi connectivity index (χ4n) is 2.86. The first kappa shape index (κ1) is 16.1. The van der Waals surface area contributed by atoms with Crippen molar-refractivity contribution in [1.29, 1.82) is 0 Å². The standard InChI is InChI=1S/C16H18N4O4/c21-11-5-9(6-11)13(7-10-3-1-2-4-17-10)19-14(22)12-8-18-16(24)20-15(12)23/h1-4,8-9,11,13,21H,5-7H2,(H,19,22)(H2,18,20,23,24). The number of aromatic nitrogens is 3. The molecule has 8 heteroatoms. The molecule has 0 spiro atoms. The first-order valence-electron chi connectivity index (χ1n) is 7.74. The minimum atomic E-state index is -0.735. The van der Waals surface area contributed by atoms with Gasteiger partial charge >= 0.3 is 5.69 Å². The number of H-pyrrole nitrogens is 2. The third-order valence-corrected chi connectivity index (χ3v) is 4.25. The molecule has 3 rings (SSSR count). The van der Waals surface area contributed by atoms with Gasteiger partial charge in [-0.15, -0.1) is 0 Å². The van der Waals surface area contributed by atoms with E-state index >= 15 is 0 Å². The van der Waals surface area contributed by atoms with Crippen LogP contribution in [0.5, 0.6) is 0 Å². The van der Waals surface area contributed by atoms with Crippen LogP contribution in [-0.2, 0) is 6.42 Å². The first-order valence-corrected chi connectivity index (χ1v) is 7.74. The van der Waals surface area contributed by atoms with Crippen molar-refractivity contribution in [2.24, 2.45) is 5.92 Å². The van der Waals surface area contributed by atoms with Gasteiger partial charge in [0.05, 0.1) is 6.10 Å². The maximum atomic E-state index is 12.4. The number of pyridine rings is 1. The predicted molar refractivity (Wildman–Crippen MR) is 85.6 cm³/mol. The molecule has 0 aromatic carbocycles. The molecular formula is C16H18N4O4. The summed E-state index contributed by atoms with van der Waals surface area (Å²) in [5.74, 6) is -0.442. The summed E-state index contributed by atoms with van der Waals surface area (Å²) in [6, 6.07) is 5.29. The average molecular weight is 330 g/mol. The fourth-order valence-corrected chi connectivity index (χ4v) is 2.86. The molecule has 2 aromatic rings. The van der Waals surface area contributed by atoms with Gasteiger partial charge in [0, 0.05) is 30.6 Å². The van der Waals surface area contributed by atoms with Crippen molar-refractivity contribution in [2.75, 3.05) is 0 Å². The van der Waals surface area contributed by atoms with Gasteiger partial charge in [-0.3, -0.25) is 19.6 Å². The second kappa shape index (κ2) is 6.79. The van der Waals surface area contributed by atoms with Gasteiger partial charge in [-0.1, -0.05) is 6.07 Å². The van der Waals surface area contributed by atoms with Crippen molar-refractivity contribution in [1.82, 2.24) is 20.3 Å². The average Bonchev–Trinajstić information content (AvgIpc) is 2.52. The van der Waals surface area contributed by atoms with Crippen molar-refractivity contribution < 1.29 is 9.90 Å². The van der Waals surface area contributed by atoms with E-state index < -0.39 is 17.2 Å². The Bertz CT molecular complexity index is 824. The molecule has 2 aromatic heterocycles. The Balaban J connectivity index is 1.77. The summed E-state index contributed by atoms with van der Waals surface area (Å²) >= 11 is 0. The lowest BCUT2D eigenvalue weighted by Crippen LogP contribution is -2.49. The zero-order valence-corrected chi connectivity index (χ0v) is 12.9. The van der Waals surface area contributed by atoms with Gasteiger partial charge in [-0.25, -0.2) is 4.79 Å². The van der Waals surface area contributed by atoms with Crippen molar-refractivity contribution in [3.63, 3.8) is 0 Å². The summed E-state index contributed by atoms with van der Waals surface area (Å²) in [5.41, 5.74) is -0.731. The molecule has 0 saturated heterocycles. The molecule has 0 bridgehead atoms. The molecule has 1 saturated carbocycles. The van der Waals surface area contributed by atoms with Crippen LogP contribution in [0.3, 0.4) is 0 Å². The zero-order valence-electron chi connectivity index (χ0n) is 12.9. The molecule has 24 heavy (non-hydrogen) atoms. The van der Waals surface area contributed by atoms with Gasteiger partial charge in [0.15, 0.2) is 0 Å². The second-order valence-corrected chi connectivity index (χ2v) is 5.98. The Morgan fingerprint density at radius 1 is 1.38 bits per heavy atom. The van der Waals surface area contributed by atoms with E-state index in [9.17, 15) is 19.5 Å². The Hall–Kier alpha value is -2.74. The SMILES string of the molecule is O=C(NC(Cc1ccccn1)C1CC(O)C1)c1c[nH]c(=O)[nH]c1=O. The van der Waals surface area contributed by atoms with E-state index in [1.165, 1.54) is 0 Å². The summed E-state index contributed by atoms with van der Waals surface area (Å²) in [5, 5.41) is 12.4. The van der Waals surface area contributed by atoms with Crippen LogP contribution in [0.2, 0.25) is 0 Å². The third-order valence-electron chi connectivity index (χ3n) is 4.25. The highest BCUT2D eigenvalue weighted by atomic mass is 16.3. The topological polar surface area (TPSA) is 128 Å². The number of hydrogen-bond donors (Lipinski definition) is 4. The van der Waals surface area contributed by atoms with Crippen LogP contribution >= 0.6 is 0 Å². The number of aromatic amines is 2. The van der Waals surface area contributed by atoms with Gasteiger partial charge in [0.1, 0.15) is 5.56 Å². The summed E-state index contributed by atoms with van der Waals surface area (Å²) in [4.78, 5) is 43.7. The van der Waals surface area contributed by atoms with E-state index in [0.29, 0.717) is 19.3 Å². The number of carbonyl (C=O) groups excluding carboxylic acids is 1. The largest absolute Gasteiger partial charge is 0.393 e. The molecule has 126 valence electrons. The van der Waals surface area contributed by atoms with Gasteiger partial charge < -0.3 is 15.4 Å². The Labute approximate surface area is 137 Å². The van der Waals surface area contributed by atoms with Crippen molar-refractivity contribution in [3.05, 3.63) is 62.7 Å². The maximum Gasteiger partial charge on any atom is 0.325 e. The van der Waals surface area contributed by atoms with Crippen LogP contribution in [0.25, 0.3) is 0 Å². The van der Waals surface area contributed by atoms with Crippen molar-refractivity contribution in [2.45, 2.75) is 31.4 Å². The molecule has 2 heterocycles. The number of hydrogen-bond acceptors (Lipinski definition) is 5. The number of nitrogens with one attached hydrogen (secondary N) is 3. The highest BCUT2D eigenvalue weighted by Crippen LogP contribution is 2.31. The molecule has 1 atom stereocenters. The monoisotopic (exact) mass is 330 g/mol. The molecule has 1 amide bonds. The van der Waals surface area contributed by atoms with Crippen LogP contribution in [0.1, 0.15) is 28.9 Å². The molecule has 1 fully saturated rings. The molecule has 4 N–H and O–H groups in total. The Morgan fingerprint density at radius 2 is 2.17 bits per heavy atom. The summed E-state index contributed by atoms with van der Waals surface area (Å²) in [6.45, 7) is 0. The lowest BCUT2D eigenvalue weighted by Gasteiger charge is -2.38. The molecule has 0 radical (unpaired) electrons. The summed E-state index contributed by atoms with van der Waals surface area (Å²) in [7, 11) is 0. The van der Waals surface area contributed by atoms with E-state index in [4.69, 9.17) is 0 Å². The third kappa shape index (κ3) is 3.60. The molecule has 1 aliphatic rings. The van der Waals surface area contributed by atoms with Crippen LogP contribution in [0.4, 0.5) is 0 Å². The number of aliphatic hydroxyl groups excluding tert-OH is 1. The molecule has 8 nitrogen and oxygen atoms in total. The number of rotatable bonds is 5. The van der Waals surface area contributed by atoms with Gasteiger partial charge in [-0.05, 0) is 30.9 Å². The maximum absolute atomic E-state index is 12.4. The van der Waals surface area contributed by atoms with Crippen molar-refractivity contribution in [3.8, 4) is 0 Å². The summed E-state index contributed by atoms with van der Waals surface area (Å²) < 4.78 is 0. The number of nitrogens with zero attached hydrogens (tertiary/aromatic N) is 1. The number of amides is 1. The minimum absolute atomic E-state index is 0.118. The minimum Gasteiger partial charge on any atom is -0.393 e. The normalized spacial score (nSPS) is 20.9. The van der Waals surface area contributed by atoms with E-state index in [0.717, 1.165) is 11.9 Å². The van der Waals surface area contributed by atoms with Crippen LogP contribution in [0, 0.1) is 5.92 Å². The van der Waals surface area contributed by atoms with E-state index in [-0.39, 0.29) is 23.6 Å².